The predicted octanol–water partition coefficient (Wildman–Crippen LogP) is 1.91. The van der Waals surface area contributed by atoms with E-state index in [0.717, 1.165) is 30.3 Å². The van der Waals surface area contributed by atoms with Crippen LogP contribution in [0.5, 0.6) is 0 Å². The van der Waals surface area contributed by atoms with Crippen LogP contribution in [0.3, 0.4) is 0 Å². The van der Waals surface area contributed by atoms with Gasteiger partial charge in [-0.1, -0.05) is 12.1 Å². The molecular formula is C16H19N3O2. The van der Waals surface area contributed by atoms with Crippen LogP contribution in [0.15, 0.2) is 30.5 Å². The van der Waals surface area contributed by atoms with Crippen LogP contribution in [0.2, 0.25) is 0 Å². The molecule has 1 aromatic carbocycles. The van der Waals surface area contributed by atoms with Gasteiger partial charge in [0.25, 0.3) is 5.91 Å². The topological polar surface area (TPSA) is 65.2 Å². The maximum atomic E-state index is 12.7. The fourth-order valence-electron chi connectivity index (χ4n) is 3.00. The van der Waals surface area contributed by atoms with Gasteiger partial charge >= 0.3 is 0 Å². The quantitative estimate of drug-likeness (QED) is 0.885. The lowest BCUT2D eigenvalue weighted by Crippen LogP contribution is -2.49. The number of rotatable bonds is 2. The van der Waals surface area contributed by atoms with Crippen LogP contribution >= 0.6 is 0 Å². The highest BCUT2D eigenvalue weighted by Gasteiger charge is 2.25. The molecule has 5 heteroatoms. The van der Waals surface area contributed by atoms with Crippen molar-refractivity contribution in [3.05, 3.63) is 36.0 Å². The molecule has 2 aromatic rings. The number of amides is 2. The molecule has 5 nitrogen and oxygen atoms in total. The molecule has 1 aromatic heterocycles. The fourth-order valence-corrected chi connectivity index (χ4v) is 3.00. The van der Waals surface area contributed by atoms with Crippen LogP contribution in [0, 0.1) is 0 Å². The van der Waals surface area contributed by atoms with E-state index in [9.17, 15) is 9.59 Å². The zero-order chi connectivity index (χ0) is 14.8. The lowest BCUT2D eigenvalue weighted by atomic mass is 10.0. The number of hydrogen-bond acceptors (Lipinski definition) is 2. The van der Waals surface area contributed by atoms with Crippen molar-refractivity contribution in [2.75, 3.05) is 13.1 Å². The molecule has 3 rings (SSSR count). The number of hydrogen-bond donors (Lipinski definition) is 2. The SMILES string of the molecule is CC(=O)NC1CCCN(C(=O)c2cccc3cc[nH]c23)C1. The molecule has 1 atom stereocenters. The number of carbonyl (C=O) groups excluding carboxylic acids is 2. The summed E-state index contributed by atoms with van der Waals surface area (Å²) in [5.74, 6) is -0.0149. The van der Waals surface area contributed by atoms with Crippen LogP contribution in [-0.4, -0.2) is 40.8 Å². The van der Waals surface area contributed by atoms with E-state index >= 15 is 0 Å². The average Bonchev–Trinajstić information content (AvgIpc) is 2.94. The molecule has 1 fully saturated rings. The molecule has 2 N–H and O–H groups in total. The Balaban J connectivity index is 1.81. The van der Waals surface area contributed by atoms with Gasteiger partial charge in [-0.15, -0.1) is 0 Å². The predicted molar refractivity (Wildman–Crippen MR) is 81.0 cm³/mol. The number of nitrogens with zero attached hydrogens (tertiary/aromatic N) is 1. The lowest BCUT2D eigenvalue weighted by Gasteiger charge is -2.33. The van der Waals surface area contributed by atoms with E-state index < -0.39 is 0 Å². The molecule has 1 aliphatic heterocycles. The summed E-state index contributed by atoms with van der Waals surface area (Å²) in [6, 6.07) is 7.76. The van der Waals surface area contributed by atoms with Gasteiger partial charge in [-0.2, -0.15) is 0 Å². The Hall–Kier alpha value is -2.30. The third-order valence-electron chi connectivity index (χ3n) is 3.93. The minimum Gasteiger partial charge on any atom is -0.361 e. The first-order valence-corrected chi connectivity index (χ1v) is 7.27. The van der Waals surface area contributed by atoms with Gasteiger partial charge in [0.05, 0.1) is 11.1 Å². The van der Waals surface area contributed by atoms with E-state index in [1.54, 1.807) is 0 Å². The Morgan fingerprint density at radius 3 is 3.00 bits per heavy atom. The van der Waals surface area contributed by atoms with E-state index in [0.29, 0.717) is 12.1 Å². The van der Waals surface area contributed by atoms with Gasteiger partial charge < -0.3 is 15.2 Å². The third-order valence-corrected chi connectivity index (χ3v) is 3.93. The number of aromatic nitrogens is 1. The molecule has 0 radical (unpaired) electrons. The van der Waals surface area contributed by atoms with Gasteiger partial charge in [0.1, 0.15) is 0 Å². The zero-order valence-electron chi connectivity index (χ0n) is 12.1. The van der Waals surface area contributed by atoms with Crippen molar-refractivity contribution in [1.29, 1.82) is 0 Å². The Morgan fingerprint density at radius 2 is 2.19 bits per heavy atom. The monoisotopic (exact) mass is 285 g/mol. The highest BCUT2D eigenvalue weighted by Crippen LogP contribution is 2.20. The summed E-state index contributed by atoms with van der Waals surface area (Å²) >= 11 is 0. The number of piperidine rings is 1. The number of fused-ring (bicyclic) bond motifs is 1. The number of benzene rings is 1. The van der Waals surface area contributed by atoms with E-state index in [4.69, 9.17) is 0 Å². The average molecular weight is 285 g/mol. The van der Waals surface area contributed by atoms with Crippen molar-refractivity contribution in [2.45, 2.75) is 25.8 Å². The third kappa shape index (κ3) is 2.77. The van der Waals surface area contributed by atoms with Crippen LogP contribution in [0.4, 0.5) is 0 Å². The molecule has 2 heterocycles. The number of aromatic amines is 1. The molecule has 110 valence electrons. The lowest BCUT2D eigenvalue weighted by molar-refractivity contribution is -0.120. The first-order valence-electron chi connectivity index (χ1n) is 7.27. The molecule has 0 aliphatic carbocycles. The van der Waals surface area contributed by atoms with Gasteiger partial charge in [-0.05, 0) is 25.0 Å². The van der Waals surface area contributed by atoms with Crippen molar-refractivity contribution < 1.29 is 9.59 Å². The van der Waals surface area contributed by atoms with E-state index in [1.165, 1.54) is 6.92 Å². The van der Waals surface area contributed by atoms with Crippen molar-refractivity contribution in [1.82, 2.24) is 15.2 Å². The first kappa shape index (κ1) is 13.7. The minimum atomic E-state index is -0.0410. The van der Waals surface area contributed by atoms with E-state index in [1.807, 2.05) is 35.4 Å². The number of likely N-dealkylation sites (tertiary alicyclic amines) is 1. The Morgan fingerprint density at radius 1 is 1.33 bits per heavy atom. The second-order valence-electron chi connectivity index (χ2n) is 5.54. The molecule has 0 saturated carbocycles. The first-order chi connectivity index (χ1) is 10.1. The van der Waals surface area contributed by atoms with Crippen LogP contribution < -0.4 is 5.32 Å². The van der Waals surface area contributed by atoms with Crippen molar-refractivity contribution in [3.8, 4) is 0 Å². The second-order valence-corrected chi connectivity index (χ2v) is 5.54. The molecule has 0 bridgehead atoms. The van der Waals surface area contributed by atoms with Gasteiger partial charge in [-0.25, -0.2) is 0 Å². The number of H-pyrrole nitrogens is 1. The van der Waals surface area contributed by atoms with Gasteiger partial charge in [0.2, 0.25) is 5.91 Å². The molecule has 1 saturated heterocycles. The fraction of sp³-hybridized carbons (Fsp3) is 0.375. The second kappa shape index (κ2) is 5.60. The Bertz CT molecular complexity index is 677. The summed E-state index contributed by atoms with van der Waals surface area (Å²) in [7, 11) is 0. The van der Waals surface area contributed by atoms with Gasteiger partial charge in [-0.3, -0.25) is 9.59 Å². The summed E-state index contributed by atoms with van der Waals surface area (Å²) < 4.78 is 0. The molecule has 1 aliphatic rings. The standard InChI is InChI=1S/C16H19N3O2/c1-11(20)18-13-5-3-9-19(10-13)16(21)14-6-2-4-12-7-8-17-15(12)14/h2,4,6-8,13,17H,3,5,9-10H2,1H3,(H,18,20). The molecule has 21 heavy (non-hydrogen) atoms. The summed E-state index contributed by atoms with van der Waals surface area (Å²) in [6.07, 6.45) is 3.69. The molecular weight excluding hydrogens is 266 g/mol. The molecule has 0 spiro atoms. The van der Waals surface area contributed by atoms with Crippen molar-refractivity contribution >= 4 is 22.7 Å². The Kier molecular flexibility index (Phi) is 3.64. The highest BCUT2D eigenvalue weighted by atomic mass is 16.2. The number of para-hydroxylation sites is 1. The summed E-state index contributed by atoms with van der Waals surface area (Å²) in [5.41, 5.74) is 1.57. The van der Waals surface area contributed by atoms with Crippen LogP contribution in [-0.2, 0) is 4.79 Å². The largest absolute Gasteiger partial charge is 0.361 e. The summed E-state index contributed by atoms with van der Waals surface area (Å²) in [4.78, 5) is 28.9. The van der Waals surface area contributed by atoms with E-state index in [2.05, 4.69) is 10.3 Å². The number of carbonyl (C=O) groups is 2. The van der Waals surface area contributed by atoms with Crippen molar-refractivity contribution in [2.24, 2.45) is 0 Å². The van der Waals surface area contributed by atoms with Gasteiger partial charge in [0, 0.05) is 37.6 Å². The smallest absolute Gasteiger partial charge is 0.256 e. The summed E-state index contributed by atoms with van der Waals surface area (Å²) in [5, 5.41) is 3.95. The zero-order valence-corrected chi connectivity index (χ0v) is 12.1. The minimum absolute atomic E-state index is 0.0260. The highest BCUT2D eigenvalue weighted by molar-refractivity contribution is 6.05. The van der Waals surface area contributed by atoms with Gasteiger partial charge in [0.15, 0.2) is 0 Å². The number of nitrogens with one attached hydrogen (secondary N) is 2. The van der Waals surface area contributed by atoms with Crippen molar-refractivity contribution in [3.63, 3.8) is 0 Å². The van der Waals surface area contributed by atoms with E-state index in [-0.39, 0.29) is 17.9 Å². The maximum Gasteiger partial charge on any atom is 0.256 e. The molecule has 2 amide bonds. The maximum absolute atomic E-state index is 12.7. The molecule has 1 unspecified atom stereocenters. The van der Waals surface area contributed by atoms with Crippen LogP contribution in [0.25, 0.3) is 10.9 Å². The Labute approximate surface area is 123 Å². The van der Waals surface area contributed by atoms with Crippen LogP contribution in [0.1, 0.15) is 30.1 Å². The summed E-state index contributed by atoms with van der Waals surface area (Å²) in [6.45, 7) is 2.84. The normalized spacial score (nSPS) is 18.7.